The minimum absolute atomic E-state index is 0.426. The monoisotopic (exact) mass is 263 g/mol. The lowest BCUT2D eigenvalue weighted by Gasteiger charge is -2.01. The van der Waals surface area contributed by atoms with E-state index in [4.69, 9.17) is 5.73 Å². The van der Waals surface area contributed by atoms with Crippen molar-refractivity contribution in [2.75, 3.05) is 0 Å². The van der Waals surface area contributed by atoms with E-state index in [1.807, 2.05) is 35.1 Å². The predicted octanol–water partition coefficient (Wildman–Crippen LogP) is 2.34. The molecule has 1 aromatic carbocycles. The zero-order chi connectivity index (χ0) is 13.5. The molecule has 3 heterocycles. The number of imidazole rings is 1. The molecule has 0 amide bonds. The Labute approximate surface area is 115 Å². The van der Waals surface area contributed by atoms with Gasteiger partial charge in [0.15, 0.2) is 0 Å². The fourth-order valence-corrected chi connectivity index (χ4v) is 2.55. The van der Waals surface area contributed by atoms with Crippen LogP contribution in [0, 0.1) is 0 Å². The van der Waals surface area contributed by atoms with E-state index in [0.717, 1.165) is 28.0 Å². The first-order valence-corrected chi connectivity index (χ1v) is 6.45. The minimum Gasteiger partial charge on any atom is -0.361 e. The smallest absolute Gasteiger partial charge is 0.147 e. The third-order valence-corrected chi connectivity index (χ3v) is 3.51. The number of H-pyrrole nitrogens is 1. The maximum atomic E-state index is 5.67. The molecule has 20 heavy (non-hydrogen) atoms. The zero-order valence-electron chi connectivity index (χ0n) is 10.7. The second-order valence-corrected chi connectivity index (χ2v) is 4.72. The third-order valence-electron chi connectivity index (χ3n) is 3.51. The lowest BCUT2D eigenvalue weighted by Crippen LogP contribution is -1.95. The van der Waals surface area contributed by atoms with Crippen LogP contribution in [0.15, 0.2) is 49.2 Å². The van der Waals surface area contributed by atoms with E-state index >= 15 is 0 Å². The summed E-state index contributed by atoms with van der Waals surface area (Å²) in [6.45, 7) is 0.426. The Morgan fingerprint density at radius 2 is 2.10 bits per heavy atom. The Kier molecular flexibility index (Phi) is 2.34. The van der Waals surface area contributed by atoms with Crippen molar-refractivity contribution >= 4 is 16.6 Å². The summed E-state index contributed by atoms with van der Waals surface area (Å²) in [5, 5.41) is 1.17. The molecule has 0 unspecified atom stereocenters. The molecular weight excluding hydrogens is 250 g/mol. The molecular formula is C15H13N5. The maximum Gasteiger partial charge on any atom is 0.147 e. The first-order valence-electron chi connectivity index (χ1n) is 6.45. The minimum atomic E-state index is 0.426. The van der Waals surface area contributed by atoms with Crippen LogP contribution in [-0.2, 0) is 6.54 Å². The Hall–Kier alpha value is -2.66. The van der Waals surface area contributed by atoms with E-state index in [-0.39, 0.29) is 0 Å². The van der Waals surface area contributed by atoms with Crippen molar-refractivity contribution in [3.8, 4) is 11.1 Å². The van der Waals surface area contributed by atoms with Gasteiger partial charge in [-0.05, 0) is 6.07 Å². The molecule has 4 rings (SSSR count). The molecule has 0 bridgehead atoms. The molecule has 5 nitrogen and oxygen atoms in total. The van der Waals surface area contributed by atoms with E-state index in [2.05, 4.69) is 27.1 Å². The Bertz CT molecular complexity index is 903. The van der Waals surface area contributed by atoms with Gasteiger partial charge in [0.25, 0.3) is 0 Å². The van der Waals surface area contributed by atoms with Crippen molar-refractivity contribution in [3.63, 3.8) is 0 Å². The molecule has 0 saturated heterocycles. The molecule has 0 atom stereocenters. The van der Waals surface area contributed by atoms with Gasteiger partial charge < -0.3 is 10.7 Å². The quantitative estimate of drug-likeness (QED) is 0.583. The second kappa shape index (κ2) is 4.18. The number of aromatic amines is 1. The summed E-state index contributed by atoms with van der Waals surface area (Å²) < 4.78 is 1.92. The molecule has 0 saturated carbocycles. The number of nitrogens with one attached hydrogen (secondary N) is 1. The van der Waals surface area contributed by atoms with Gasteiger partial charge in [0.05, 0.1) is 5.69 Å². The fraction of sp³-hybridized carbons (Fsp3) is 0.0667. The molecule has 0 aliphatic heterocycles. The SMILES string of the molecule is NCc1cn2cncc(-c3c[nH]c4ccccc34)c2n1. The number of aromatic nitrogens is 4. The first-order chi connectivity index (χ1) is 9.86. The van der Waals surface area contributed by atoms with Gasteiger partial charge in [-0.1, -0.05) is 18.2 Å². The van der Waals surface area contributed by atoms with Crippen LogP contribution in [0.3, 0.4) is 0 Å². The number of fused-ring (bicyclic) bond motifs is 2. The van der Waals surface area contributed by atoms with Gasteiger partial charge >= 0.3 is 0 Å². The van der Waals surface area contributed by atoms with Crippen molar-refractivity contribution in [3.05, 3.63) is 54.9 Å². The molecule has 4 aromatic rings. The summed E-state index contributed by atoms with van der Waals surface area (Å²) in [6, 6.07) is 8.20. The number of nitrogens with two attached hydrogens (primary N) is 1. The number of nitrogens with zero attached hydrogens (tertiary/aromatic N) is 3. The highest BCUT2D eigenvalue weighted by Crippen LogP contribution is 2.30. The van der Waals surface area contributed by atoms with Crippen LogP contribution in [0.4, 0.5) is 0 Å². The summed E-state index contributed by atoms with van der Waals surface area (Å²) >= 11 is 0. The lowest BCUT2D eigenvalue weighted by atomic mass is 10.1. The average Bonchev–Trinajstić information content (AvgIpc) is 3.10. The molecule has 3 aromatic heterocycles. The Morgan fingerprint density at radius 3 is 3.00 bits per heavy atom. The number of rotatable bonds is 2. The predicted molar refractivity (Wildman–Crippen MR) is 78.2 cm³/mol. The van der Waals surface area contributed by atoms with Crippen LogP contribution in [0.25, 0.3) is 27.7 Å². The van der Waals surface area contributed by atoms with E-state index in [1.54, 1.807) is 6.33 Å². The number of para-hydroxylation sites is 1. The molecule has 0 aliphatic rings. The highest BCUT2D eigenvalue weighted by atomic mass is 15.0. The maximum absolute atomic E-state index is 5.67. The van der Waals surface area contributed by atoms with Crippen LogP contribution >= 0.6 is 0 Å². The Morgan fingerprint density at radius 1 is 1.20 bits per heavy atom. The van der Waals surface area contributed by atoms with E-state index in [1.165, 1.54) is 5.39 Å². The number of hydrogen-bond donors (Lipinski definition) is 2. The van der Waals surface area contributed by atoms with Crippen LogP contribution in [0.5, 0.6) is 0 Å². The molecule has 0 aliphatic carbocycles. The number of benzene rings is 1. The molecule has 3 N–H and O–H groups in total. The molecule has 0 radical (unpaired) electrons. The van der Waals surface area contributed by atoms with Gasteiger partial charge in [-0.2, -0.15) is 0 Å². The summed E-state index contributed by atoms with van der Waals surface area (Å²) in [5.41, 5.74) is 10.6. The zero-order valence-corrected chi connectivity index (χ0v) is 10.7. The molecule has 0 fully saturated rings. The van der Waals surface area contributed by atoms with Crippen molar-refractivity contribution < 1.29 is 0 Å². The Balaban J connectivity index is 2.04. The highest BCUT2D eigenvalue weighted by molar-refractivity contribution is 5.98. The highest BCUT2D eigenvalue weighted by Gasteiger charge is 2.12. The van der Waals surface area contributed by atoms with Crippen molar-refractivity contribution in [1.82, 2.24) is 19.4 Å². The average molecular weight is 263 g/mol. The molecule has 98 valence electrons. The summed E-state index contributed by atoms with van der Waals surface area (Å²) in [4.78, 5) is 12.2. The van der Waals surface area contributed by atoms with Gasteiger partial charge in [-0.25, -0.2) is 9.97 Å². The topological polar surface area (TPSA) is 72.0 Å². The second-order valence-electron chi connectivity index (χ2n) is 4.72. The van der Waals surface area contributed by atoms with E-state index < -0.39 is 0 Å². The van der Waals surface area contributed by atoms with Gasteiger partial charge in [-0.3, -0.25) is 4.40 Å². The third kappa shape index (κ3) is 1.53. The first kappa shape index (κ1) is 11.2. The van der Waals surface area contributed by atoms with Crippen molar-refractivity contribution in [2.45, 2.75) is 6.54 Å². The van der Waals surface area contributed by atoms with Gasteiger partial charge in [-0.15, -0.1) is 0 Å². The summed E-state index contributed by atoms with van der Waals surface area (Å²) in [7, 11) is 0. The normalized spacial score (nSPS) is 11.4. The van der Waals surface area contributed by atoms with Crippen LogP contribution in [0.2, 0.25) is 0 Å². The number of hydrogen-bond acceptors (Lipinski definition) is 3. The van der Waals surface area contributed by atoms with Crippen LogP contribution in [0.1, 0.15) is 5.69 Å². The van der Waals surface area contributed by atoms with Crippen LogP contribution < -0.4 is 5.73 Å². The lowest BCUT2D eigenvalue weighted by molar-refractivity contribution is 1.01. The largest absolute Gasteiger partial charge is 0.361 e. The standard InChI is InChI=1S/C15H13N5/c16-5-10-8-20-9-17-6-13(15(20)19-10)12-7-18-14-4-2-1-3-11(12)14/h1-4,6-9,18H,5,16H2. The van der Waals surface area contributed by atoms with Gasteiger partial charge in [0.2, 0.25) is 0 Å². The van der Waals surface area contributed by atoms with Crippen molar-refractivity contribution in [1.29, 1.82) is 0 Å². The van der Waals surface area contributed by atoms with Gasteiger partial charge in [0.1, 0.15) is 12.0 Å². The molecule has 5 heteroatoms. The van der Waals surface area contributed by atoms with E-state index in [0.29, 0.717) is 6.54 Å². The van der Waals surface area contributed by atoms with E-state index in [9.17, 15) is 0 Å². The van der Waals surface area contributed by atoms with Crippen molar-refractivity contribution in [2.24, 2.45) is 5.73 Å². The fourth-order valence-electron chi connectivity index (χ4n) is 2.55. The summed E-state index contributed by atoms with van der Waals surface area (Å²) in [5.74, 6) is 0. The van der Waals surface area contributed by atoms with Crippen LogP contribution in [-0.4, -0.2) is 19.4 Å². The molecule has 0 spiro atoms. The van der Waals surface area contributed by atoms with Gasteiger partial charge in [0, 0.05) is 47.2 Å². The summed E-state index contributed by atoms with van der Waals surface area (Å²) in [6.07, 6.45) is 7.51.